The number of methoxy groups -OCH3 is 1. The maximum Gasteiger partial charge on any atom is 0.337 e. The van der Waals surface area contributed by atoms with Crippen molar-refractivity contribution in [3.63, 3.8) is 0 Å². The highest BCUT2D eigenvalue weighted by molar-refractivity contribution is 6.01. The predicted molar refractivity (Wildman–Crippen MR) is 113 cm³/mol. The molecule has 1 saturated heterocycles. The molecule has 3 rings (SSSR count). The highest BCUT2D eigenvalue weighted by Crippen LogP contribution is 2.33. The average Bonchev–Trinajstić information content (AvgIpc) is 3.16. The van der Waals surface area contributed by atoms with E-state index in [0.29, 0.717) is 43.1 Å². The molecule has 1 heterocycles. The number of nitrogens with zero attached hydrogens (tertiary/aromatic N) is 1. The highest BCUT2D eigenvalue weighted by atomic mass is 16.5. The summed E-state index contributed by atoms with van der Waals surface area (Å²) < 4.78 is 10.3. The predicted octanol–water partition coefficient (Wildman–Crippen LogP) is 2.58. The van der Waals surface area contributed by atoms with E-state index in [1.165, 1.54) is 7.11 Å². The molecule has 0 saturated carbocycles. The lowest BCUT2D eigenvalue weighted by Gasteiger charge is -2.20. The number of anilines is 1. The van der Waals surface area contributed by atoms with Crippen molar-refractivity contribution in [3.05, 3.63) is 59.7 Å². The molecule has 1 unspecified atom stereocenters. The molecule has 7 nitrogen and oxygen atoms in total. The van der Waals surface area contributed by atoms with Gasteiger partial charge in [-0.25, -0.2) is 4.79 Å². The zero-order valence-corrected chi connectivity index (χ0v) is 17.2. The molecule has 1 atom stereocenters. The van der Waals surface area contributed by atoms with Gasteiger partial charge in [0.2, 0.25) is 11.8 Å². The van der Waals surface area contributed by atoms with E-state index in [-0.39, 0.29) is 24.2 Å². The van der Waals surface area contributed by atoms with Crippen LogP contribution >= 0.6 is 0 Å². The number of para-hydroxylation sites is 2. The fraction of sp³-hybridized carbons (Fsp3) is 0.348. The largest absolute Gasteiger partial charge is 0.492 e. The highest BCUT2D eigenvalue weighted by Gasteiger charge is 2.36. The Kier molecular flexibility index (Phi) is 7.06. The van der Waals surface area contributed by atoms with Crippen molar-refractivity contribution in [2.75, 3.05) is 31.7 Å². The van der Waals surface area contributed by atoms with E-state index in [4.69, 9.17) is 4.74 Å². The third kappa shape index (κ3) is 4.97. The van der Waals surface area contributed by atoms with Crippen LogP contribution in [0.15, 0.2) is 48.5 Å². The first-order valence-corrected chi connectivity index (χ1v) is 10.0. The molecular formula is C23H26N2O5. The number of hydrogen-bond acceptors (Lipinski definition) is 5. The van der Waals surface area contributed by atoms with Gasteiger partial charge in [-0.05, 0) is 43.2 Å². The molecule has 0 radical (unpaired) electrons. The van der Waals surface area contributed by atoms with Crippen molar-refractivity contribution in [1.82, 2.24) is 5.32 Å². The van der Waals surface area contributed by atoms with Crippen molar-refractivity contribution >= 4 is 23.5 Å². The Bertz CT molecular complexity index is 910. The second-order valence-corrected chi connectivity index (χ2v) is 7.04. The first kappa shape index (κ1) is 21.4. The Morgan fingerprint density at radius 1 is 1.13 bits per heavy atom. The SMILES string of the molecule is CCOc1ccccc1N1CC(C(=O)NCCc2ccc(C(=O)OC)cc2)CC1=O. The van der Waals surface area contributed by atoms with E-state index < -0.39 is 5.92 Å². The number of benzene rings is 2. The Labute approximate surface area is 176 Å². The van der Waals surface area contributed by atoms with Crippen LogP contribution in [0.2, 0.25) is 0 Å². The normalized spacial score (nSPS) is 15.7. The van der Waals surface area contributed by atoms with Crippen molar-refractivity contribution in [1.29, 1.82) is 0 Å². The van der Waals surface area contributed by atoms with E-state index >= 15 is 0 Å². The zero-order valence-electron chi connectivity index (χ0n) is 17.2. The van der Waals surface area contributed by atoms with E-state index in [9.17, 15) is 14.4 Å². The van der Waals surface area contributed by atoms with Crippen LogP contribution in [0.3, 0.4) is 0 Å². The smallest absolute Gasteiger partial charge is 0.337 e. The third-order valence-electron chi connectivity index (χ3n) is 5.04. The van der Waals surface area contributed by atoms with Gasteiger partial charge >= 0.3 is 5.97 Å². The molecule has 2 amide bonds. The molecule has 1 N–H and O–H groups in total. The molecule has 7 heteroatoms. The van der Waals surface area contributed by atoms with E-state index in [1.54, 1.807) is 17.0 Å². The molecule has 2 aromatic rings. The van der Waals surface area contributed by atoms with E-state index in [2.05, 4.69) is 10.1 Å². The minimum Gasteiger partial charge on any atom is -0.492 e. The summed E-state index contributed by atoms with van der Waals surface area (Å²) in [6.45, 7) is 3.19. The molecule has 0 spiro atoms. The van der Waals surface area contributed by atoms with Gasteiger partial charge in [0.1, 0.15) is 5.75 Å². The van der Waals surface area contributed by atoms with E-state index in [1.807, 2.05) is 43.3 Å². The standard InChI is InChI=1S/C23H26N2O5/c1-3-30-20-7-5-4-6-19(20)25-15-18(14-21(25)26)22(27)24-13-12-16-8-10-17(11-9-16)23(28)29-2/h4-11,18H,3,12-15H2,1-2H3,(H,24,27). The third-order valence-corrected chi connectivity index (χ3v) is 5.04. The summed E-state index contributed by atoms with van der Waals surface area (Å²) in [4.78, 5) is 38.2. The number of nitrogens with one attached hydrogen (secondary N) is 1. The Morgan fingerprint density at radius 3 is 2.57 bits per heavy atom. The quantitative estimate of drug-likeness (QED) is 0.676. The molecule has 0 bridgehead atoms. The summed E-state index contributed by atoms with van der Waals surface area (Å²) >= 11 is 0. The van der Waals surface area contributed by atoms with E-state index in [0.717, 1.165) is 5.56 Å². The lowest BCUT2D eigenvalue weighted by molar-refractivity contribution is -0.126. The van der Waals surface area contributed by atoms with Crippen LogP contribution in [0, 0.1) is 5.92 Å². The van der Waals surface area contributed by atoms with Crippen LogP contribution in [0.1, 0.15) is 29.3 Å². The molecule has 158 valence electrons. The van der Waals surface area contributed by atoms with Crippen molar-refractivity contribution in [3.8, 4) is 5.75 Å². The summed E-state index contributed by atoms with van der Waals surface area (Å²) in [6, 6.07) is 14.4. The maximum atomic E-state index is 12.6. The molecule has 1 fully saturated rings. The summed E-state index contributed by atoms with van der Waals surface area (Å²) in [7, 11) is 1.34. The summed E-state index contributed by atoms with van der Waals surface area (Å²) in [5.41, 5.74) is 2.19. The maximum absolute atomic E-state index is 12.6. The summed E-state index contributed by atoms with van der Waals surface area (Å²) in [5, 5.41) is 2.91. The summed E-state index contributed by atoms with van der Waals surface area (Å²) in [6.07, 6.45) is 0.810. The molecule has 0 aliphatic carbocycles. The van der Waals surface area contributed by atoms with Crippen LogP contribution in [-0.4, -0.2) is 44.6 Å². The van der Waals surface area contributed by atoms with Crippen LogP contribution in [0.5, 0.6) is 5.75 Å². The Hall–Kier alpha value is -3.35. The number of carbonyl (C=O) groups is 3. The topological polar surface area (TPSA) is 84.9 Å². The second-order valence-electron chi connectivity index (χ2n) is 7.04. The van der Waals surface area contributed by atoms with Crippen molar-refractivity contribution in [2.45, 2.75) is 19.8 Å². The number of esters is 1. The van der Waals surface area contributed by atoms with Gasteiger partial charge in [-0.1, -0.05) is 24.3 Å². The van der Waals surface area contributed by atoms with Gasteiger partial charge in [-0.2, -0.15) is 0 Å². The van der Waals surface area contributed by atoms with Crippen LogP contribution in [-0.2, 0) is 20.7 Å². The van der Waals surface area contributed by atoms with Gasteiger partial charge in [0.15, 0.2) is 0 Å². The molecular weight excluding hydrogens is 384 g/mol. The van der Waals surface area contributed by atoms with Crippen LogP contribution < -0.4 is 15.0 Å². The second kappa shape index (κ2) is 9.91. The lowest BCUT2D eigenvalue weighted by atomic mass is 10.1. The first-order valence-electron chi connectivity index (χ1n) is 10.0. The number of ether oxygens (including phenoxy) is 2. The van der Waals surface area contributed by atoms with Gasteiger partial charge < -0.3 is 19.7 Å². The Balaban J connectivity index is 1.53. The van der Waals surface area contributed by atoms with Gasteiger partial charge in [0.25, 0.3) is 0 Å². The van der Waals surface area contributed by atoms with Crippen LogP contribution in [0.4, 0.5) is 5.69 Å². The van der Waals surface area contributed by atoms with Crippen LogP contribution in [0.25, 0.3) is 0 Å². The average molecular weight is 410 g/mol. The minimum absolute atomic E-state index is 0.0827. The van der Waals surface area contributed by atoms with Gasteiger partial charge in [0, 0.05) is 19.5 Å². The Morgan fingerprint density at radius 2 is 1.87 bits per heavy atom. The van der Waals surface area contributed by atoms with Gasteiger partial charge in [-0.15, -0.1) is 0 Å². The number of rotatable bonds is 8. The fourth-order valence-electron chi connectivity index (χ4n) is 3.47. The van der Waals surface area contributed by atoms with Gasteiger partial charge in [0.05, 0.1) is 30.9 Å². The number of amides is 2. The molecule has 2 aromatic carbocycles. The number of hydrogen-bond donors (Lipinski definition) is 1. The lowest BCUT2D eigenvalue weighted by Crippen LogP contribution is -2.34. The van der Waals surface area contributed by atoms with Crippen molar-refractivity contribution in [2.24, 2.45) is 5.92 Å². The monoisotopic (exact) mass is 410 g/mol. The minimum atomic E-state index is -0.395. The number of carbonyl (C=O) groups excluding carboxylic acids is 3. The molecule has 1 aliphatic heterocycles. The molecule has 30 heavy (non-hydrogen) atoms. The van der Waals surface area contributed by atoms with Crippen molar-refractivity contribution < 1.29 is 23.9 Å². The first-order chi connectivity index (χ1) is 14.5. The van der Waals surface area contributed by atoms with Gasteiger partial charge in [-0.3, -0.25) is 9.59 Å². The zero-order chi connectivity index (χ0) is 21.5. The molecule has 1 aliphatic rings. The summed E-state index contributed by atoms with van der Waals surface area (Å²) in [5.74, 6) is -0.346. The molecule has 0 aromatic heterocycles. The fourth-order valence-corrected chi connectivity index (χ4v) is 3.47.